The van der Waals surface area contributed by atoms with E-state index in [9.17, 15) is 9.59 Å². The number of ketones is 1. The van der Waals surface area contributed by atoms with Gasteiger partial charge in [0.25, 0.3) is 0 Å². The summed E-state index contributed by atoms with van der Waals surface area (Å²) in [7, 11) is 1.51. The zero-order valence-corrected chi connectivity index (χ0v) is 18.5. The van der Waals surface area contributed by atoms with Gasteiger partial charge < -0.3 is 19.2 Å². The Morgan fingerprint density at radius 2 is 1.70 bits per heavy atom. The molecule has 1 heterocycles. The Hall–Kier alpha value is -4.06. The number of hydrogen-bond donors (Lipinski definition) is 1. The lowest BCUT2D eigenvalue weighted by atomic mass is 9.99. The highest BCUT2D eigenvalue weighted by atomic mass is 16.5. The number of fused-ring (bicyclic) bond motifs is 1. The minimum atomic E-state index is -1.10. The second-order valence-electron chi connectivity index (χ2n) is 7.52. The van der Waals surface area contributed by atoms with Crippen molar-refractivity contribution in [3.63, 3.8) is 0 Å². The number of methoxy groups -OCH3 is 1. The Morgan fingerprint density at radius 1 is 0.939 bits per heavy atom. The number of aromatic nitrogens is 1. The monoisotopic (exact) mass is 443 g/mol. The first kappa shape index (κ1) is 22.1. The predicted molar refractivity (Wildman–Crippen MR) is 126 cm³/mol. The van der Waals surface area contributed by atoms with Crippen molar-refractivity contribution in [3.8, 4) is 11.5 Å². The van der Waals surface area contributed by atoms with Crippen molar-refractivity contribution in [2.75, 3.05) is 13.7 Å². The fraction of sp³-hybridized carbons (Fsp3) is 0.185. The van der Waals surface area contributed by atoms with Crippen LogP contribution >= 0.6 is 0 Å². The first-order valence-electron chi connectivity index (χ1n) is 10.8. The summed E-state index contributed by atoms with van der Waals surface area (Å²) in [6.07, 6.45) is 1.40. The van der Waals surface area contributed by atoms with Gasteiger partial charge in [-0.15, -0.1) is 0 Å². The fourth-order valence-electron chi connectivity index (χ4n) is 3.62. The van der Waals surface area contributed by atoms with E-state index in [1.54, 1.807) is 36.5 Å². The maximum absolute atomic E-state index is 13.5. The molecule has 6 heteroatoms. The average molecular weight is 443 g/mol. The summed E-state index contributed by atoms with van der Waals surface area (Å²) in [5, 5.41) is 0.776. The van der Waals surface area contributed by atoms with Crippen LogP contribution in [0.15, 0.2) is 79.0 Å². The van der Waals surface area contributed by atoms with E-state index in [0.717, 1.165) is 17.3 Å². The number of esters is 1. The molecule has 4 rings (SSSR count). The normalized spacial score (nSPS) is 11.7. The zero-order chi connectivity index (χ0) is 23.2. The van der Waals surface area contributed by atoms with E-state index in [2.05, 4.69) is 4.98 Å². The van der Waals surface area contributed by atoms with E-state index in [0.29, 0.717) is 29.2 Å². The van der Waals surface area contributed by atoms with Gasteiger partial charge in [-0.1, -0.05) is 55.5 Å². The SMILES string of the molecule is CCCOc1ccc(C(=O)OC(C(=O)c2c[nH]c3ccccc23)c2ccccc2)cc1OC. The molecule has 1 atom stereocenters. The largest absolute Gasteiger partial charge is 0.493 e. The molecule has 33 heavy (non-hydrogen) atoms. The molecule has 6 nitrogen and oxygen atoms in total. The van der Waals surface area contributed by atoms with E-state index in [-0.39, 0.29) is 11.3 Å². The van der Waals surface area contributed by atoms with E-state index in [4.69, 9.17) is 14.2 Å². The molecule has 0 aliphatic heterocycles. The molecular formula is C27H25NO5. The maximum atomic E-state index is 13.5. The first-order chi connectivity index (χ1) is 16.1. The van der Waals surface area contributed by atoms with Crippen molar-refractivity contribution >= 4 is 22.7 Å². The van der Waals surface area contributed by atoms with Gasteiger partial charge in [0.05, 0.1) is 19.3 Å². The molecule has 168 valence electrons. The van der Waals surface area contributed by atoms with Gasteiger partial charge in [0.2, 0.25) is 5.78 Å². The quantitative estimate of drug-likeness (QED) is 0.263. The molecule has 0 saturated carbocycles. The van der Waals surface area contributed by atoms with Crippen molar-refractivity contribution in [3.05, 3.63) is 95.7 Å². The summed E-state index contributed by atoms with van der Waals surface area (Å²) in [4.78, 5) is 29.7. The molecule has 3 aromatic carbocycles. The van der Waals surface area contributed by atoms with Crippen molar-refractivity contribution in [1.82, 2.24) is 4.98 Å². The minimum absolute atomic E-state index is 0.267. The summed E-state index contributed by atoms with van der Waals surface area (Å²) in [5.41, 5.74) is 2.17. The lowest BCUT2D eigenvalue weighted by Crippen LogP contribution is -2.20. The lowest BCUT2D eigenvalue weighted by molar-refractivity contribution is 0.0280. The molecule has 0 bridgehead atoms. The highest BCUT2D eigenvalue weighted by Gasteiger charge is 2.29. The Kier molecular flexibility index (Phi) is 6.74. The number of Topliss-reactive ketones (excluding diaryl/α,β-unsaturated/α-hetero) is 1. The molecule has 0 aliphatic rings. The summed E-state index contributed by atoms with van der Waals surface area (Å²) in [6, 6.07) is 21.4. The number of carbonyl (C=O) groups excluding carboxylic acids is 2. The van der Waals surface area contributed by atoms with Crippen LogP contribution in [0.5, 0.6) is 11.5 Å². The van der Waals surface area contributed by atoms with Gasteiger partial charge in [0.1, 0.15) is 0 Å². The van der Waals surface area contributed by atoms with Crippen LogP contribution in [0.2, 0.25) is 0 Å². The number of benzene rings is 3. The second kappa shape index (κ2) is 10.0. The molecule has 1 N–H and O–H groups in total. The highest BCUT2D eigenvalue weighted by molar-refractivity contribution is 6.11. The second-order valence-corrected chi connectivity index (χ2v) is 7.52. The number of H-pyrrole nitrogens is 1. The molecule has 1 unspecified atom stereocenters. The Morgan fingerprint density at radius 3 is 2.45 bits per heavy atom. The Labute approximate surface area is 192 Å². The van der Waals surface area contributed by atoms with Gasteiger partial charge in [0, 0.05) is 28.2 Å². The Balaban J connectivity index is 1.65. The summed E-state index contributed by atoms with van der Waals surface area (Å²) in [6.45, 7) is 2.54. The molecule has 0 radical (unpaired) electrons. The maximum Gasteiger partial charge on any atom is 0.339 e. The average Bonchev–Trinajstić information content (AvgIpc) is 3.30. The van der Waals surface area contributed by atoms with Crippen molar-refractivity contribution in [2.45, 2.75) is 19.4 Å². The summed E-state index contributed by atoms with van der Waals surface area (Å²) < 4.78 is 16.8. The third kappa shape index (κ3) is 4.75. The van der Waals surface area contributed by atoms with Crippen molar-refractivity contribution in [1.29, 1.82) is 0 Å². The van der Waals surface area contributed by atoms with E-state index in [1.165, 1.54) is 7.11 Å². The molecule has 0 amide bonds. The number of ether oxygens (including phenoxy) is 3. The predicted octanol–water partition coefficient (Wildman–Crippen LogP) is 5.75. The molecular weight excluding hydrogens is 418 g/mol. The highest BCUT2D eigenvalue weighted by Crippen LogP contribution is 2.31. The van der Waals surface area contributed by atoms with Crippen LogP contribution < -0.4 is 9.47 Å². The number of aromatic amines is 1. The van der Waals surface area contributed by atoms with Gasteiger partial charge in [-0.05, 0) is 30.7 Å². The third-order valence-corrected chi connectivity index (χ3v) is 5.28. The smallest absolute Gasteiger partial charge is 0.339 e. The molecule has 0 aliphatic carbocycles. The summed E-state index contributed by atoms with van der Waals surface area (Å²) >= 11 is 0. The number of para-hydroxylation sites is 1. The van der Waals surface area contributed by atoms with Crippen molar-refractivity contribution < 1.29 is 23.8 Å². The van der Waals surface area contributed by atoms with Gasteiger partial charge >= 0.3 is 5.97 Å². The number of hydrogen-bond acceptors (Lipinski definition) is 5. The topological polar surface area (TPSA) is 77.6 Å². The van der Waals surface area contributed by atoms with Gasteiger partial charge in [0.15, 0.2) is 17.6 Å². The minimum Gasteiger partial charge on any atom is -0.493 e. The number of rotatable bonds is 9. The van der Waals surface area contributed by atoms with Gasteiger partial charge in [-0.3, -0.25) is 4.79 Å². The standard InChI is InChI=1S/C27H25NO5/c1-3-15-32-23-14-13-19(16-24(23)31-2)27(30)33-26(18-9-5-4-6-10-18)25(29)21-17-28-22-12-8-7-11-20(21)22/h4-14,16-17,26,28H,3,15H2,1-2H3. The van der Waals surface area contributed by atoms with Crippen LogP contribution in [0.3, 0.4) is 0 Å². The molecule has 4 aromatic rings. The van der Waals surface area contributed by atoms with Crippen LogP contribution in [0, 0.1) is 0 Å². The van der Waals surface area contributed by atoms with Crippen LogP contribution in [0.4, 0.5) is 0 Å². The van der Waals surface area contributed by atoms with Crippen LogP contribution in [-0.4, -0.2) is 30.5 Å². The van der Waals surface area contributed by atoms with Crippen LogP contribution in [0.25, 0.3) is 10.9 Å². The number of carbonyl (C=O) groups is 2. The third-order valence-electron chi connectivity index (χ3n) is 5.28. The van der Waals surface area contributed by atoms with E-state index < -0.39 is 12.1 Å². The van der Waals surface area contributed by atoms with Gasteiger partial charge in [-0.2, -0.15) is 0 Å². The summed E-state index contributed by atoms with van der Waals surface area (Å²) in [5.74, 6) is 0.0433. The van der Waals surface area contributed by atoms with Gasteiger partial charge in [-0.25, -0.2) is 4.79 Å². The molecule has 0 fully saturated rings. The molecule has 1 aromatic heterocycles. The molecule has 0 saturated heterocycles. The van der Waals surface area contributed by atoms with Crippen molar-refractivity contribution in [2.24, 2.45) is 0 Å². The molecule has 0 spiro atoms. The van der Waals surface area contributed by atoms with Crippen LogP contribution in [0.1, 0.15) is 45.7 Å². The first-order valence-corrected chi connectivity index (χ1v) is 10.8. The van der Waals surface area contributed by atoms with E-state index in [1.807, 2.05) is 49.4 Å². The number of nitrogens with one attached hydrogen (secondary N) is 1. The fourth-order valence-corrected chi connectivity index (χ4v) is 3.62. The van der Waals surface area contributed by atoms with Crippen LogP contribution in [-0.2, 0) is 4.74 Å². The zero-order valence-electron chi connectivity index (χ0n) is 18.5. The Bertz CT molecular complexity index is 1260. The van der Waals surface area contributed by atoms with E-state index >= 15 is 0 Å². The lowest BCUT2D eigenvalue weighted by Gasteiger charge is -2.18.